The molecule has 0 unspecified atom stereocenters. The fourth-order valence-corrected chi connectivity index (χ4v) is 4.89. The number of amides is 2. The molecule has 0 aromatic heterocycles. The number of benzene rings is 2. The first-order chi connectivity index (χ1) is 17.0. The molecule has 0 aliphatic carbocycles. The monoisotopic (exact) mass is 515 g/mol. The lowest BCUT2D eigenvalue weighted by Gasteiger charge is -2.30. The van der Waals surface area contributed by atoms with Gasteiger partial charge in [0, 0.05) is 25.6 Å². The molecule has 2 rings (SSSR count). The smallest absolute Gasteiger partial charge is 0.242 e. The van der Waals surface area contributed by atoms with Gasteiger partial charge in [-0.15, -0.1) is 0 Å². The zero-order valence-electron chi connectivity index (χ0n) is 22.5. The van der Waals surface area contributed by atoms with E-state index in [2.05, 4.69) is 5.32 Å². The Morgan fingerprint density at radius 2 is 1.64 bits per heavy atom. The fourth-order valence-electron chi connectivity index (χ4n) is 3.92. The summed E-state index contributed by atoms with van der Waals surface area (Å²) in [6.45, 7) is 10.2. The maximum Gasteiger partial charge on any atom is 0.242 e. The molecule has 198 valence electrons. The SMILES string of the molecule is CCc1ccc(N(CCCC(=O)N(Cc2ccccc2C)[C@H](C)C(=O)N[C@H](C)CC)S(C)(=O)=O)cc1. The Balaban J connectivity index is 2.18. The maximum absolute atomic E-state index is 13.4. The third kappa shape index (κ3) is 8.36. The largest absolute Gasteiger partial charge is 0.352 e. The molecule has 0 radical (unpaired) electrons. The Morgan fingerprint density at radius 1 is 1.00 bits per heavy atom. The minimum atomic E-state index is -3.51. The average Bonchev–Trinajstić information content (AvgIpc) is 2.84. The molecule has 0 aliphatic heterocycles. The molecule has 0 bridgehead atoms. The van der Waals surface area contributed by atoms with Crippen LogP contribution in [0.25, 0.3) is 0 Å². The predicted octanol–water partition coefficient (Wildman–Crippen LogP) is 4.44. The summed E-state index contributed by atoms with van der Waals surface area (Å²) in [6.07, 6.45) is 3.31. The van der Waals surface area contributed by atoms with E-state index >= 15 is 0 Å². The Morgan fingerprint density at radius 3 is 2.19 bits per heavy atom. The van der Waals surface area contributed by atoms with E-state index in [1.165, 1.54) is 10.6 Å². The van der Waals surface area contributed by atoms with Gasteiger partial charge in [-0.05, 0) is 68.9 Å². The van der Waals surface area contributed by atoms with Crippen molar-refractivity contribution in [2.45, 2.75) is 78.9 Å². The highest BCUT2D eigenvalue weighted by Gasteiger charge is 2.27. The van der Waals surface area contributed by atoms with Crippen LogP contribution < -0.4 is 9.62 Å². The second kappa shape index (κ2) is 13.4. The summed E-state index contributed by atoms with van der Waals surface area (Å²) in [4.78, 5) is 27.9. The van der Waals surface area contributed by atoms with Crippen LogP contribution in [0.4, 0.5) is 5.69 Å². The topological polar surface area (TPSA) is 86.8 Å². The number of nitrogens with zero attached hydrogens (tertiary/aromatic N) is 2. The summed E-state index contributed by atoms with van der Waals surface area (Å²) in [5.74, 6) is -0.375. The molecule has 1 N–H and O–H groups in total. The molecule has 2 amide bonds. The van der Waals surface area contributed by atoms with Crippen molar-refractivity contribution >= 4 is 27.5 Å². The highest BCUT2D eigenvalue weighted by Crippen LogP contribution is 2.20. The van der Waals surface area contributed by atoms with Gasteiger partial charge in [-0.3, -0.25) is 13.9 Å². The number of carbonyl (C=O) groups is 2. The van der Waals surface area contributed by atoms with Crippen LogP contribution in [0.15, 0.2) is 48.5 Å². The van der Waals surface area contributed by atoms with Crippen molar-refractivity contribution in [1.82, 2.24) is 10.2 Å². The Labute approximate surface area is 216 Å². The lowest BCUT2D eigenvalue weighted by Crippen LogP contribution is -2.49. The summed E-state index contributed by atoms with van der Waals surface area (Å²) in [6, 6.07) is 14.6. The molecule has 0 fully saturated rings. The van der Waals surface area contributed by atoms with Gasteiger partial charge in [0.1, 0.15) is 6.04 Å². The van der Waals surface area contributed by atoms with Gasteiger partial charge in [0.15, 0.2) is 0 Å². The van der Waals surface area contributed by atoms with Crippen molar-refractivity contribution in [2.24, 2.45) is 0 Å². The maximum atomic E-state index is 13.4. The van der Waals surface area contributed by atoms with E-state index in [1.807, 2.05) is 64.1 Å². The minimum Gasteiger partial charge on any atom is -0.352 e. The van der Waals surface area contributed by atoms with E-state index in [0.717, 1.165) is 29.5 Å². The molecule has 0 aliphatic rings. The molecule has 8 heteroatoms. The van der Waals surface area contributed by atoms with Crippen LogP contribution in [0.1, 0.15) is 63.6 Å². The standard InChI is InChI=1S/C28H41N3O4S/c1-7-22(4)29-28(33)23(5)30(20-25-13-10-9-12-21(25)3)27(32)14-11-19-31(36(6,34)35)26-17-15-24(8-2)16-18-26/h9-10,12-13,15-18,22-23H,7-8,11,14,19-20H2,1-6H3,(H,29,33)/t22-,23-/m1/s1. The number of hydrogen-bond donors (Lipinski definition) is 1. The first-order valence-corrected chi connectivity index (χ1v) is 14.5. The third-order valence-corrected chi connectivity index (χ3v) is 7.75. The highest BCUT2D eigenvalue weighted by atomic mass is 32.2. The number of rotatable bonds is 13. The van der Waals surface area contributed by atoms with Gasteiger partial charge in [0.05, 0.1) is 11.9 Å². The van der Waals surface area contributed by atoms with E-state index < -0.39 is 16.1 Å². The van der Waals surface area contributed by atoms with Gasteiger partial charge >= 0.3 is 0 Å². The van der Waals surface area contributed by atoms with Crippen LogP contribution in [-0.4, -0.2) is 50.0 Å². The highest BCUT2D eigenvalue weighted by molar-refractivity contribution is 7.92. The van der Waals surface area contributed by atoms with Crippen LogP contribution in [0.5, 0.6) is 0 Å². The molecule has 2 aromatic carbocycles. The van der Waals surface area contributed by atoms with Crippen LogP contribution in [0, 0.1) is 6.92 Å². The fraction of sp³-hybridized carbons (Fsp3) is 0.500. The number of aryl methyl sites for hydroxylation is 2. The van der Waals surface area contributed by atoms with E-state index in [-0.39, 0.29) is 30.8 Å². The van der Waals surface area contributed by atoms with Crippen LogP contribution in [-0.2, 0) is 32.6 Å². The van der Waals surface area contributed by atoms with E-state index in [0.29, 0.717) is 18.7 Å². The van der Waals surface area contributed by atoms with Gasteiger partial charge in [-0.2, -0.15) is 0 Å². The Kier molecular flexibility index (Phi) is 11.0. The van der Waals surface area contributed by atoms with Gasteiger partial charge in [-0.25, -0.2) is 8.42 Å². The van der Waals surface area contributed by atoms with Crippen molar-refractivity contribution in [3.8, 4) is 0 Å². The zero-order chi connectivity index (χ0) is 26.9. The van der Waals surface area contributed by atoms with Gasteiger partial charge < -0.3 is 10.2 Å². The summed E-state index contributed by atoms with van der Waals surface area (Å²) in [7, 11) is -3.51. The summed E-state index contributed by atoms with van der Waals surface area (Å²) in [5.41, 5.74) is 3.73. The second-order valence-corrected chi connectivity index (χ2v) is 11.3. The van der Waals surface area contributed by atoms with Crippen LogP contribution in [0.2, 0.25) is 0 Å². The molecule has 0 saturated heterocycles. The molecular weight excluding hydrogens is 474 g/mol. The number of anilines is 1. The molecule has 36 heavy (non-hydrogen) atoms. The molecule has 7 nitrogen and oxygen atoms in total. The number of hydrogen-bond acceptors (Lipinski definition) is 4. The summed E-state index contributed by atoms with van der Waals surface area (Å²) < 4.78 is 26.3. The lowest BCUT2D eigenvalue weighted by atomic mass is 10.1. The van der Waals surface area contributed by atoms with E-state index in [1.54, 1.807) is 24.0 Å². The second-order valence-electron chi connectivity index (χ2n) is 9.40. The van der Waals surface area contributed by atoms with Crippen molar-refractivity contribution in [3.05, 3.63) is 65.2 Å². The molecule has 0 spiro atoms. The van der Waals surface area contributed by atoms with Crippen LogP contribution in [0.3, 0.4) is 0 Å². The van der Waals surface area contributed by atoms with Crippen LogP contribution >= 0.6 is 0 Å². The Bertz CT molecular complexity index is 1120. The van der Waals surface area contributed by atoms with Crippen molar-refractivity contribution in [2.75, 3.05) is 17.1 Å². The molecular formula is C28H41N3O4S. The molecule has 0 heterocycles. The van der Waals surface area contributed by atoms with Crippen molar-refractivity contribution in [3.63, 3.8) is 0 Å². The molecule has 0 saturated carbocycles. The minimum absolute atomic E-state index is 0.0118. The summed E-state index contributed by atoms with van der Waals surface area (Å²) in [5, 5.41) is 2.97. The quantitative estimate of drug-likeness (QED) is 0.427. The lowest BCUT2D eigenvalue weighted by molar-refractivity contribution is -0.140. The van der Waals surface area contributed by atoms with Crippen molar-refractivity contribution in [1.29, 1.82) is 0 Å². The Hall–Kier alpha value is -2.87. The zero-order valence-corrected chi connectivity index (χ0v) is 23.3. The molecule has 2 atom stereocenters. The van der Waals surface area contributed by atoms with Gasteiger partial charge in [0.25, 0.3) is 0 Å². The number of nitrogens with one attached hydrogen (secondary N) is 1. The summed E-state index contributed by atoms with van der Waals surface area (Å²) >= 11 is 0. The first kappa shape index (κ1) is 29.4. The first-order valence-electron chi connectivity index (χ1n) is 12.7. The normalized spacial score (nSPS) is 13.1. The number of carbonyl (C=O) groups excluding carboxylic acids is 2. The van der Waals surface area contributed by atoms with E-state index in [4.69, 9.17) is 0 Å². The average molecular weight is 516 g/mol. The van der Waals surface area contributed by atoms with Gasteiger partial charge in [-0.1, -0.05) is 50.2 Å². The van der Waals surface area contributed by atoms with E-state index in [9.17, 15) is 18.0 Å². The number of sulfonamides is 1. The predicted molar refractivity (Wildman–Crippen MR) is 146 cm³/mol. The van der Waals surface area contributed by atoms with Crippen molar-refractivity contribution < 1.29 is 18.0 Å². The molecule has 2 aromatic rings. The van der Waals surface area contributed by atoms with Gasteiger partial charge in [0.2, 0.25) is 21.8 Å². The third-order valence-electron chi connectivity index (χ3n) is 6.56.